The molecule has 1 aliphatic carbocycles. The summed E-state index contributed by atoms with van der Waals surface area (Å²) in [5, 5.41) is 1.16. The van der Waals surface area contributed by atoms with Crippen molar-refractivity contribution in [1.82, 2.24) is 4.98 Å². The maximum absolute atomic E-state index is 11.9. The first-order valence-corrected chi connectivity index (χ1v) is 7.07. The molecular weight excluding hydrogens is 254 g/mol. The van der Waals surface area contributed by atoms with Crippen molar-refractivity contribution in [3.8, 4) is 5.75 Å². The Labute approximate surface area is 118 Å². The zero-order valence-corrected chi connectivity index (χ0v) is 11.9. The zero-order chi connectivity index (χ0) is 14.1. The van der Waals surface area contributed by atoms with Gasteiger partial charge in [-0.3, -0.25) is 4.79 Å². The van der Waals surface area contributed by atoms with Crippen molar-refractivity contribution in [1.29, 1.82) is 0 Å². The van der Waals surface area contributed by atoms with E-state index in [2.05, 4.69) is 4.98 Å². The van der Waals surface area contributed by atoms with Crippen LogP contribution in [0, 0.1) is 5.92 Å². The number of hydrogen-bond acceptors (Lipinski definition) is 3. The SMILES string of the molecule is CCOC(=O)[C@H]1CCc2[nH]c3ccc(OC)cc3c2C1. The van der Waals surface area contributed by atoms with Crippen LogP contribution < -0.4 is 4.74 Å². The average molecular weight is 273 g/mol. The van der Waals surface area contributed by atoms with E-state index in [4.69, 9.17) is 9.47 Å². The molecule has 106 valence electrons. The predicted molar refractivity (Wildman–Crippen MR) is 77.0 cm³/mol. The van der Waals surface area contributed by atoms with Gasteiger partial charge in [-0.15, -0.1) is 0 Å². The van der Waals surface area contributed by atoms with Gasteiger partial charge in [0.05, 0.1) is 19.6 Å². The van der Waals surface area contributed by atoms with Gasteiger partial charge < -0.3 is 14.5 Å². The first-order chi connectivity index (χ1) is 9.72. The summed E-state index contributed by atoms with van der Waals surface area (Å²) in [6, 6.07) is 6.02. The summed E-state index contributed by atoms with van der Waals surface area (Å²) in [7, 11) is 1.67. The topological polar surface area (TPSA) is 51.3 Å². The summed E-state index contributed by atoms with van der Waals surface area (Å²) >= 11 is 0. The van der Waals surface area contributed by atoms with Gasteiger partial charge in [0, 0.05) is 16.6 Å². The largest absolute Gasteiger partial charge is 0.497 e. The summed E-state index contributed by atoms with van der Waals surface area (Å²) in [5.74, 6) is 0.751. The lowest BCUT2D eigenvalue weighted by Crippen LogP contribution is -2.24. The molecule has 1 N–H and O–H groups in total. The molecule has 2 aromatic rings. The first kappa shape index (κ1) is 13.0. The Bertz CT molecular complexity index is 644. The Morgan fingerprint density at radius 1 is 1.45 bits per heavy atom. The van der Waals surface area contributed by atoms with Crippen molar-refractivity contribution >= 4 is 16.9 Å². The van der Waals surface area contributed by atoms with E-state index in [9.17, 15) is 4.79 Å². The van der Waals surface area contributed by atoms with Crippen LogP contribution in [0.2, 0.25) is 0 Å². The quantitative estimate of drug-likeness (QED) is 0.875. The molecule has 1 heterocycles. The van der Waals surface area contributed by atoms with E-state index in [-0.39, 0.29) is 11.9 Å². The van der Waals surface area contributed by atoms with Crippen LogP contribution in [0.15, 0.2) is 18.2 Å². The van der Waals surface area contributed by atoms with Gasteiger partial charge in [0.1, 0.15) is 5.75 Å². The van der Waals surface area contributed by atoms with Crippen LogP contribution in [0.25, 0.3) is 10.9 Å². The third kappa shape index (κ3) is 2.15. The number of hydrogen-bond donors (Lipinski definition) is 1. The van der Waals surface area contributed by atoms with E-state index >= 15 is 0 Å². The molecule has 0 radical (unpaired) electrons. The summed E-state index contributed by atoms with van der Waals surface area (Å²) in [6.45, 7) is 2.30. The van der Waals surface area contributed by atoms with Crippen LogP contribution in [0.4, 0.5) is 0 Å². The van der Waals surface area contributed by atoms with E-state index in [1.165, 1.54) is 11.3 Å². The van der Waals surface area contributed by atoms with Gasteiger partial charge in [0.15, 0.2) is 0 Å². The number of ether oxygens (including phenoxy) is 2. The molecule has 0 unspecified atom stereocenters. The number of carbonyl (C=O) groups excluding carboxylic acids is 1. The minimum absolute atomic E-state index is 0.0207. The number of methoxy groups -OCH3 is 1. The minimum Gasteiger partial charge on any atom is -0.497 e. The second kappa shape index (κ2) is 5.19. The number of aryl methyl sites for hydroxylation is 1. The normalized spacial score (nSPS) is 17.8. The lowest BCUT2D eigenvalue weighted by molar-refractivity contribution is -0.148. The molecule has 20 heavy (non-hydrogen) atoms. The number of esters is 1. The van der Waals surface area contributed by atoms with Gasteiger partial charge in [-0.05, 0) is 49.9 Å². The number of benzene rings is 1. The number of aromatic amines is 1. The highest BCUT2D eigenvalue weighted by Crippen LogP contribution is 2.34. The van der Waals surface area contributed by atoms with Gasteiger partial charge in [-0.1, -0.05) is 0 Å². The van der Waals surface area contributed by atoms with Crippen molar-refractivity contribution in [2.75, 3.05) is 13.7 Å². The fourth-order valence-corrected chi connectivity index (χ4v) is 2.98. The zero-order valence-electron chi connectivity index (χ0n) is 11.9. The van der Waals surface area contributed by atoms with Crippen LogP contribution in [0.1, 0.15) is 24.6 Å². The van der Waals surface area contributed by atoms with Crippen molar-refractivity contribution < 1.29 is 14.3 Å². The maximum Gasteiger partial charge on any atom is 0.309 e. The summed E-state index contributed by atoms with van der Waals surface area (Å²) in [5.41, 5.74) is 3.59. The second-order valence-electron chi connectivity index (χ2n) is 5.19. The van der Waals surface area contributed by atoms with Crippen molar-refractivity contribution in [3.63, 3.8) is 0 Å². The first-order valence-electron chi connectivity index (χ1n) is 7.07. The molecule has 3 rings (SSSR count). The van der Waals surface area contributed by atoms with E-state index in [1.807, 2.05) is 25.1 Å². The highest BCUT2D eigenvalue weighted by atomic mass is 16.5. The van der Waals surface area contributed by atoms with E-state index in [1.54, 1.807) is 7.11 Å². The van der Waals surface area contributed by atoms with Crippen LogP contribution >= 0.6 is 0 Å². The van der Waals surface area contributed by atoms with Crippen LogP contribution in [0.3, 0.4) is 0 Å². The van der Waals surface area contributed by atoms with E-state index in [0.717, 1.165) is 35.9 Å². The number of fused-ring (bicyclic) bond motifs is 3. The van der Waals surface area contributed by atoms with Gasteiger partial charge in [0.2, 0.25) is 0 Å². The average Bonchev–Trinajstić information content (AvgIpc) is 2.84. The Hall–Kier alpha value is -1.97. The molecule has 0 amide bonds. The highest BCUT2D eigenvalue weighted by Gasteiger charge is 2.28. The molecule has 4 heteroatoms. The second-order valence-corrected chi connectivity index (χ2v) is 5.19. The van der Waals surface area contributed by atoms with E-state index < -0.39 is 0 Å². The van der Waals surface area contributed by atoms with Crippen LogP contribution in [0.5, 0.6) is 5.75 Å². The van der Waals surface area contributed by atoms with Gasteiger partial charge in [-0.2, -0.15) is 0 Å². The fraction of sp³-hybridized carbons (Fsp3) is 0.438. The summed E-state index contributed by atoms with van der Waals surface area (Å²) in [6.07, 6.45) is 2.51. The van der Waals surface area contributed by atoms with Gasteiger partial charge in [-0.25, -0.2) is 0 Å². The Morgan fingerprint density at radius 2 is 2.30 bits per heavy atom. The monoisotopic (exact) mass is 273 g/mol. The number of carbonyl (C=O) groups is 1. The molecule has 4 nitrogen and oxygen atoms in total. The van der Waals surface area contributed by atoms with Gasteiger partial charge >= 0.3 is 5.97 Å². The highest BCUT2D eigenvalue weighted by molar-refractivity contribution is 5.87. The van der Waals surface area contributed by atoms with Crippen molar-refractivity contribution in [2.24, 2.45) is 5.92 Å². The lowest BCUT2D eigenvalue weighted by Gasteiger charge is -2.20. The molecule has 1 atom stereocenters. The maximum atomic E-state index is 11.9. The number of nitrogens with one attached hydrogen (secondary N) is 1. The molecule has 1 aromatic heterocycles. The molecule has 0 saturated carbocycles. The lowest BCUT2D eigenvalue weighted by atomic mass is 9.86. The Kier molecular flexibility index (Phi) is 3.38. The molecule has 0 aliphatic heterocycles. The van der Waals surface area contributed by atoms with Crippen LogP contribution in [-0.2, 0) is 22.4 Å². The molecule has 1 aromatic carbocycles. The van der Waals surface area contributed by atoms with E-state index in [0.29, 0.717) is 6.61 Å². The van der Waals surface area contributed by atoms with Crippen molar-refractivity contribution in [3.05, 3.63) is 29.5 Å². The molecule has 0 spiro atoms. The standard InChI is InChI=1S/C16H19NO3/c1-3-20-16(18)10-4-6-14-12(8-10)13-9-11(19-2)5-7-15(13)17-14/h5,7,9-10,17H,3-4,6,8H2,1-2H3/t10-/m0/s1. The number of H-pyrrole nitrogens is 1. The summed E-state index contributed by atoms with van der Waals surface area (Å²) < 4.78 is 10.4. The number of rotatable bonds is 3. The number of aromatic nitrogens is 1. The third-order valence-corrected chi connectivity index (χ3v) is 4.01. The third-order valence-electron chi connectivity index (χ3n) is 4.01. The predicted octanol–water partition coefficient (Wildman–Crippen LogP) is 2.84. The minimum atomic E-state index is -0.0737. The smallest absolute Gasteiger partial charge is 0.309 e. The van der Waals surface area contributed by atoms with Crippen LogP contribution in [-0.4, -0.2) is 24.7 Å². The van der Waals surface area contributed by atoms with Crippen molar-refractivity contribution in [2.45, 2.75) is 26.2 Å². The Morgan fingerprint density at radius 3 is 3.05 bits per heavy atom. The molecular formula is C16H19NO3. The van der Waals surface area contributed by atoms with Gasteiger partial charge in [0.25, 0.3) is 0 Å². The molecule has 0 bridgehead atoms. The summed E-state index contributed by atoms with van der Waals surface area (Å²) in [4.78, 5) is 15.4. The molecule has 1 aliphatic rings. The molecule has 0 fully saturated rings. The molecule has 0 saturated heterocycles. The Balaban J connectivity index is 1.96. The fourth-order valence-electron chi connectivity index (χ4n) is 2.98.